The topological polar surface area (TPSA) is 38.1 Å². The summed E-state index contributed by atoms with van der Waals surface area (Å²) in [6, 6.07) is 9.99. The highest BCUT2D eigenvalue weighted by Gasteiger charge is 2.17. The zero-order valence-electron chi connectivity index (χ0n) is 12.6. The minimum absolute atomic E-state index is 0.131. The van der Waals surface area contributed by atoms with Crippen LogP contribution in [0.4, 0.5) is 0 Å². The molecule has 106 valence electrons. The maximum absolute atomic E-state index is 12.1. The second kappa shape index (κ2) is 5.90. The van der Waals surface area contributed by atoms with E-state index in [0.717, 1.165) is 29.2 Å². The maximum atomic E-state index is 12.1. The van der Waals surface area contributed by atoms with Crippen molar-refractivity contribution in [2.45, 2.75) is 27.2 Å². The zero-order chi connectivity index (χ0) is 14.7. The lowest BCUT2D eigenvalue weighted by atomic mass is 10.1. The number of amides is 1. The molecule has 0 radical (unpaired) electrons. The van der Waals surface area contributed by atoms with Gasteiger partial charge in [-0.3, -0.25) is 4.79 Å². The first kappa shape index (κ1) is 14.3. The van der Waals surface area contributed by atoms with Gasteiger partial charge in [0.1, 0.15) is 0 Å². The van der Waals surface area contributed by atoms with Crippen molar-refractivity contribution in [3.8, 4) is 5.69 Å². The van der Waals surface area contributed by atoms with Gasteiger partial charge in [0.05, 0.1) is 17.8 Å². The molecule has 20 heavy (non-hydrogen) atoms. The van der Waals surface area contributed by atoms with E-state index in [1.54, 1.807) is 4.90 Å². The third-order valence-electron chi connectivity index (χ3n) is 3.67. The van der Waals surface area contributed by atoms with E-state index in [0.29, 0.717) is 6.42 Å². The number of para-hydroxylation sites is 1. The minimum atomic E-state index is 0.131. The van der Waals surface area contributed by atoms with Crippen molar-refractivity contribution >= 4 is 5.91 Å². The van der Waals surface area contributed by atoms with Crippen molar-refractivity contribution in [2.24, 2.45) is 0 Å². The Morgan fingerprint density at radius 2 is 1.90 bits per heavy atom. The van der Waals surface area contributed by atoms with Crippen LogP contribution in [-0.2, 0) is 11.2 Å². The molecule has 1 aromatic carbocycles. The number of aromatic nitrogens is 2. The smallest absolute Gasteiger partial charge is 0.226 e. The van der Waals surface area contributed by atoms with Crippen LogP contribution in [0.5, 0.6) is 0 Å². The molecule has 0 N–H and O–H groups in total. The summed E-state index contributed by atoms with van der Waals surface area (Å²) in [5.41, 5.74) is 4.01. The molecule has 0 fully saturated rings. The lowest BCUT2D eigenvalue weighted by Crippen LogP contribution is -2.28. The van der Waals surface area contributed by atoms with Crippen LogP contribution < -0.4 is 0 Å². The first-order valence-corrected chi connectivity index (χ1v) is 6.89. The van der Waals surface area contributed by atoms with Crippen LogP contribution in [0.1, 0.15) is 23.9 Å². The average Bonchev–Trinajstić information content (AvgIpc) is 2.75. The summed E-state index contributed by atoms with van der Waals surface area (Å²) in [5, 5.41) is 4.56. The van der Waals surface area contributed by atoms with Crippen LogP contribution in [0, 0.1) is 13.8 Å². The lowest BCUT2D eigenvalue weighted by Gasteiger charge is -2.14. The second-order valence-corrected chi connectivity index (χ2v) is 4.98. The molecule has 0 saturated carbocycles. The molecule has 1 heterocycles. The van der Waals surface area contributed by atoms with E-state index in [1.807, 2.05) is 62.8 Å². The van der Waals surface area contributed by atoms with Crippen molar-refractivity contribution < 1.29 is 4.79 Å². The highest BCUT2D eigenvalue weighted by Crippen LogP contribution is 2.18. The third-order valence-corrected chi connectivity index (χ3v) is 3.67. The normalized spacial score (nSPS) is 10.6. The first-order chi connectivity index (χ1) is 9.54. The van der Waals surface area contributed by atoms with E-state index in [-0.39, 0.29) is 5.91 Å². The molecule has 0 saturated heterocycles. The third kappa shape index (κ3) is 2.74. The van der Waals surface area contributed by atoms with Crippen LogP contribution >= 0.6 is 0 Å². The van der Waals surface area contributed by atoms with Gasteiger partial charge in [-0.1, -0.05) is 18.2 Å². The quantitative estimate of drug-likeness (QED) is 0.857. The molecule has 1 amide bonds. The number of rotatable bonds is 4. The number of nitrogens with zero attached hydrogens (tertiary/aromatic N) is 3. The summed E-state index contributed by atoms with van der Waals surface area (Å²) in [4.78, 5) is 13.8. The molecule has 0 atom stereocenters. The second-order valence-electron chi connectivity index (χ2n) is 4.98. The van der Waals surface area contributed by atoms with Gasteiger partial charge in [-0.15, -0.1) is 0 Å². The SMILES string of the molecule is CCN(C)C(=O)Cc1c(C)nn(-c2ccccc2)c1C. The van der Waals surface area contributed by atoms with Crippen molar-refractivity contribution in [1.29, 1.82) is 0 Å². The standard InChI is InChI=1S/C16H21N3O/c1-5-18(4)16(20)11-15-12(2)17-19(13(15)3)14-9-7-6-8-10-14/h6-10H,5,11H2,1-4H3. The summed E-state index contributed by atoms with van der Waals surface area (Å²) in [6.45, 7) is 6.68. The Hall–Kier alpha value is -2.10. The molecule has 0 spiro atoms. The van der Waals surface area contributed by atoms with Gasteiger partial charge in [-0.25, -0.2) is 4.68 Å². The fraction of sp³-hybridized carbons (Fsp3) is 0.375. The Bertz CT molecular complexity index is 602. The summed E-state index contributed by atoms with van der Waals surface area (Å²) in [6.07, 6.45) is 0.412. The van der Waals surface area contributed by atoms with E-state index < -0.39 is 0 Å². The average molecular weight is 271 g/mol. The Morgan fingerprint density at radius 3 is 2.50 bits per heavy atom. The lowest BCUT2D eigenvalue weighted by molar-refractivity contribution is -0.128. The van der Waals surface area contributed by atoms with Gasteiger partial charge in [0.2, 0.25) is 5.91 Å². The Balaban J connectivity index is 2.33. The summed E-state index contributed by atoms with van der Waals surface area (Å²) < 4.78 is 1.91. The fourth-order valence-corrected chi connectivity index (χ4v) is 2.21. The van der Waals surface area contributed by atoms with Crippen LogP contribution in [-0.4, -0.2) is 34.2 Å². The van der Waals surface area contributed by atoms with Crippen LogP contribution in [0.3, 0.4) is 0 Å². The molecule has 2 aromatic rings. The summed E-state index contributed by atoms with van der Waals surface area (Å²) >= 11 is 0. The molecule has 0 bridgehead atoms. The van der Waals surface area contributed by atoms with Crippen LogP contribution in [0.25, 0.3) is 5.69 Å². The molecule has 4 heteroatoms. The highest BCUT2D eigenvalue weighted by atomic mass is 16.2. The number of carbonyl (C=O) groups excluding carboxylic acids is 1. The van der Waals surface area contributed by atoms with Gasteiger partial charge in [-0.2, -0.15) is 5.10 Å². The number of aryl methyl sites for hydroxylation is 1. The first-order valence-electron chi connectivity index (χ1n) is 6.89. The molecule has 0 aliphatic heterocycles. The van der Waals surface area contributed by atoms with Crippen molar-refractivity contribution in [3.05, 3.63) is 47.3 Å². The van der Waals surface area contributed by atoms with E-state index >= 15 is 0 Å². The maximum Gasteiger partial charge on any atom is 0.226 e. The van der Waals surface area contributed by atoms with Gasteiger partial charge < -0.3 is 4.90 Å². The molecule has 0 aliphatic rings. The Labute approximate surface area is 120 Å². The summed E-state index contributed by atoms with van der Waals surface area (Å²) in [5.74, 6) is 0.131. The summed E-state index contributed by atoms with van der Waals surface area (Å²) in [7, 11) is 1.83. The minimum Gasteiger partial charge on any atom is -0.346 e. The van der Waals surface area contributed by atoms with E-state index in [1.165, 1.54) is 0 Å². The van der Waals surface area contributed by atoms with Crippen molar-refractivity contribution in [3.63, 3.8) is 0 Å². The molecule has 0 aliphatic carbocycles. The molecule has 1 aromatic heterocycles. The molecule has 0 unspecified atom stereocenters. The van der Waals surface area contributed by atoms with E-state index in [4.69, 9.17) is 0 Å². The molecule has 2 rings (SSSR count). The largest absolute Gasteiger partial charge is 0.346 e. The monoisotopic (exact) mass is 271 g/mol. The number of carbonyl (C=O) groups is 1. The van der Waals surface area contributed by atoms with Crippen LogP contribution in [0.2, 0.25) is 0 Å². The number of hydrogen-bond donors (Lipinski definition) is 0. The van der Waals surface area contributed by atoms with Gasteiger partial charge in [-0.05, 0) is 32.9 Å². The van der Waals surface area contributed by atoms with Gasteiger partial charge >= 0.3 is 0 Å². The Kier molecular flexibility index (Phi) is 4.23. The zero-order valence-corrected chi connectivity index (χ0v) is 12.6. The predicted octanol–water partition coefficient (Wildman–Crippen LogP) is 2.51. The van der Waals surface area contributed by atoms with E-state index in [9.17, 15) is 4.79 Å². The predicted molar refractivity (Wildman–Crippen MR) is 80.1 cm³/mol. The van der Waals surface area contributed by atoms with Crippen molar-refractivity contribution in [1.82, 2.24) is 14.7 Å². The van der Waals surface area contributed by atoms with Gasteiger partial charge in [0.25, 0.3) is 0 Å². The fourth-order valence-electron chi connectivity index (χ4n) is 2.21. The van der Waals surface area contributed by atoms with Gasteiger partial charge in [0.15, 0.2) is 0 Å². The number of benzene rings is 1. The van der Waals surface area contributed by atoms with Crippen molar-refractivity contribution in [2.75, 3.05) is 13.6 Å². The van der Waals surface area contributed by atoms with Crippen LogP contribution in [0.15, 0.2) is 30.3 Å². The molecular formula is C16H21N3O. The van der Waals surface area contributed by atoms with E-state index in [2.05, 4.69) is 5.10 Å². The van der Waals surface area contributed by atoms with Gasteiger partial charge in [0, 0.05) is 24.8 Å². The molecule has 4 nitrogen and oxygen atoms in total. The number of likely N-dealkylation sites (N-methyl/N-ethyl adjacent to an activating group) is 1. The highest BCUT2D eigenvalue weighted by molar-refractivity contribution is 5.79. The Morgan fingerprint density at radius 1 is 1.25 bits per heavy atom. The molecular weight excluding hydrogens is 250 g/mol. The number of hydrogen-bond acceptors (Lipinski definition) is 2.